The molecule has 1 unspecified atom stereocenters. The molecule has 2 rings (SSSR count). The molecular formula is C10H14N4O. The first kappa shape index (κ1) is 9.92. The van der Waals surface area contributed by atoms with Crippen molar-refractivity contribution < 1.29 is 4.42 Å². The molecule has 0 amide bonds. The van der Waals surface area contributed by atoms with Gasteiger partial charge in [0.05, 0.1) is 0 Å². The zero-order chi connectivity index (χ0) is 10.8. The van der Waals surface area contributed by atoms with Crippen molar-refractivity contribution in [3.8, 4) is 0 Å². The fraction of sp³-hybridized carbons (Fsp3) is 0.400. The number of aryl methyl sites for hydroxylation is 1. The highest BCUT2D eigenvalue weighted by molar-refractivity contribution is 5.11. The molecule has 0 saturated carbocycles. The highest BCUT2D eigenvalue weighted by Crippen LogP contribution is 2.12. The largest absolute Gasteiger partial charge is 0.424 e. The van der Waals surface area contributed by atoms with Crippen LogP contribution in [0, 0.1) is 6.92 Å². The van der Waals surface area contributed by atoms with Crippen LogP contribution in [0.1, 0.15) is 30.4 Å². The summed E-state index contributed by atoms with van der Waals surface area (Å²) in [4.78, 5) is 0. The predicted octanol–water partition coefficient (Wildman–Crippen LogP) is 1.25. The van der Waals surface area contributed by atoms with Crippen LogP contribution in [-0.2, 0) is 6.54 Å². The molecule has 0 radical (unpaired) electrons. The van der Waals surface area contributed by atoms with Gasteiger partial charge in [-0.05, 0) is 19.1 Å². The van der Waals surface area contributed by atoms with Gasteiger partial charge in [-0.3, -0.25) is 0 Å². The highest BCUT2D eigenvalue weighted by Gasteiger charge is 2.08. The second kappa shape index (κ2) is 3.86. The van der Waals surface area contributed by atoms with Gasteiger partial charge in [-0.2, -0.15) is 0 Å². The minimum Gasteiger partial charge on any atom is -0.424 e. The third-order valence-corrected chi connectivity index (χ3v) is 2.20. The number of aromatic nitrogens is 3. The maximum Gasteiger partial charge on any atom is 0.236 e. The standard InChI is InChI=1S/C10H14N4O/c1-7(11)9-4-3-5-14(9)6-10-13-12-8(2)15-10/h3-5,7H,6,11H2,1-2H3. The summed E-state index contributed by atoms with van der Waals surface area (Å²) in [6.45, 7) is 4.30. The van der Waals surface area contributed by atoms with Crippen molar-refractivity contribution >= 4 is 0 Å². The van der Waals surface area contributed by atoms with Gasteiger partial charge >= 0.3 is 0 Å². The Morgan fingerprint density at radius 2 is 2.33 bits per heavy atom. The van der Waals surface area contributed by atoms with Crippen LogP contribution in [-0.4, -0.2) is 14.8 Å². The van der Waals surface area contributed by atoms with Crippen molar-refractivity contribution in [3.05, 3.63) is 35.8 Å². The molecule has 2 N–H and O–H groups in total. The predicted molar refractivity (Wildman–Crippen MR) is 55.2 cm³/mol. The van der Waals surface area contributed by atoms with Crippen LogP contribution in [0.25, 0.3) is 0 Å². The topological polar surface area (TPSA) is 69.9 Å². The van der Waals surface area contributed by atoms with Crippen LogP contribution in [0.3, 0.4) is 0 Å². The average Bonchev–Trinajstić information content (AvgIpc) is 2.75. The summed E-state index contributed by atoms with van der Waals surface area (Å²) in [5, 5.41) is 7.72. The Morgan fingerprint density at radius 1 is 1.53 bits per heavy atom. The van der Waals surface area contributed by atoms with Crippen molar-refractivity contribution in [1.29, 1.82) is 0 Å². The van der Waals surface area contributed by atoms with Crippen LogP contribution in [0.4, 0.5) is 0 Å². The van der Waals surface area contributed by atoms with Gasteiger partial charge in [0.15, 0.2) is 0 Å². The van der Waals surface area contributed by atoms with Crippen molar-refractivity contribution in [2.45, 2.75) is 26.4 Å². The zero-order valence-electron chi connectivity index (χ0n) is 8.84. The molecular weight excluding hydrogens is 192 g/mol. The molecule has 1 atom stereocenters. The number of hydrogen-bond acceptors (Lipinski definition) is 4. The molecule has 0 spiro atoms. The van der Waals surface area contributed by atoms with Crippen molar-refractivity contribution in [3.63, 3.8) is 0 Å². The van der Waals surface area contributed by atoms with E-state index in [-0.39, 0.29) is 6.04 Å². The Hall–Kier alpha value is -1.62. The lowest BCUT2D eigenvalue weighted by Gasteiger charge is -2.09. The molecule has 0 aliphatic carbocycles. The van der Waals surface area contributed by atoms with Gasteiger partial charge in [-0.15, -0.1) is 10.2 Å². The lowest BCUT2D eigenvalue weighted by molar-refractivity contribution is 0.450. The Balaban J connectivity index is 2.20. The fourth-order valence-electron chi connectivity index (χ4n) is 1.53. The molecule has 0 aromatic carbocycles. The first-order chi connectivity index (χ1) is 7.16. The molecule has 15 heavy (non-hydrogen) atoms. The molecule has 0 bridgehead atoms. The summed E-state index contributed by atoms with van der Waals surface area (Å²) in [6.07, 6.45) is 1.96. The third kappa shape index (κ3) is 2.07. The minimum atomic E-state index is 0.00372. The van der Waals surface area contributed by atoms with E-state index in [4.69, 9.17) is 10.2 Å². The third-order valence-electron chi connectivity index (χ3n) is 2.20. The van der Waals surface area contributed by atoms with Gasteiger partial charge < -0.3 is 14.7 Å². The summed E-state index contributed by atoms with van der Waals surface area (Å²) in [5.74, 6) is 1.19. The van der Waals surface area contributed by atoms with Gasteiger partial charge in [0.2, 0.25) is 11.8 Å². The fourth-order valence-corrected chi connectivity index (χ4v) is 1.53. The van der Waals surface area contributed by atoms with E-state index in [2.05, 4.69) is 10.2 Å². The quantitative estimate of drug-likeness (QED) is 0.820. The van der Waals surface area contributed by atoms with Gasteiger partial charge in [-0.1, -0.05) is 0 Å². The van der Waals surface area contributed by atoms with E-state index in [0.717, 1.165) is 5.69 Å². The van der Waals surface area contributed by atoms with Gasteiger partial charge in [-0.25, -0.2) is 0 Å². The molecule has 0 saturated heterocycles. The maximum absolute atomic E-state index is 5.83. The van der Waals surface area contributed by atoms with Crippen molar-refractivity contribution in [2.24, 2.45) is 5.73 Å². The van der Waals surface area contributed by atoms with Crippen LogP contribution in [0.2, 0.25) is 0 Å². The first-order valence-electron chi connectivity index (χ1n) is 4.86. The number of rotatable bonds is 3. The summed E-state index contributed by atoms with van der Waals surface area (Å²) in [6, 6.07) is 3.96. The molecule has 5 heteroatoms. The molecule has 2 aromatic rings. The second-order valence-corrected chi connectivity index (χ2v) is 3.56. The van der Waals surface area contributed by atoms with E-state index in [9.17, 15) is 0 Å². The number of nitrogens with zero attached hydrogens (tertiary/aromatic N) is 3. The summed E-state index contributed by atoms with van der Waals surface area (Å²) < 4.78 is 7.32. The Kier molecular flexibility index (Phi) is 2.55. The molecule has 2 aromatic heterocycles. The van der Waals surface area contributed by atoms with Crippen LogP contribution < -0.4 is 5.73 Å². The van der Waals surface area contributed by atoms with E-state index in [1.165, 1.54) is 0 Å². The van der Waals surface area contributed by atoms with E-state index < -0.39 is 0 Å². The van der Waals surface area contributed by atoms with Gasteiger partial charge in [0.1, 0.15) is 6.54 Å². The average molecular weight is 206 g/mol. The molecule has 5 nitrogen and oxygen atoms in total. The zero-order valence-corrected chi connectivity index (χ0v) is 8.84. The Morgan fingerprint density at radius 3 is 2.93 bits per heavy atom. The summed E-state index contributed by atoms with van der Waals surface area (Å²) in [5.41, 5.74) is 6.89. The monoisotopic (exact) mass is 206 g/mol. The van der Waals surface area contributed by atoms with E-state index in [1.54, 1.807) is 6.92 Å². The number of hydrogen-bond donors (Lipinski definition) is 1. The number of nitrogens with two attached hydrogens (primary N) is 1. The normalized spacial score (nSPS) is 13.0. The molecule has 2 heterocycles. The molecule has 0 aliphatic heterocycles. The molecule has 0 fully saturated rings. The maximum atomic E-state index is 5.83. The molecule has 0 aliphatic rings. The summed E-state index contributed by atoms with van der Waals surface area (Å²) in [7, 11) is 0. The van der Waals surface area contributed by atoms with E-state index >= 15 is 0 Å². The van der Waals surface area contributed by atoms with Crippen LogP contribution in [0.15, 0.2) is 22.7 Å². The van der Waals surface area contributed by atoms with Gasteiger partial charge in [0, 0.05) is 24.9 Å². The lowest BCUT2D eigenvalue weighted by Crippen LogP contribution is -2.12. The van der Waals surface area contributed by atoms with Crippen molar-refractivity contribution in [1.82, 2.24) is 14.8 Å². The molecule has 80 valence electrons. The first-order valence-corrected chi connectivity index (χ1v) is 4.86. The second-order valence-electron chi connectivity index (χ2n) is 3.56. The summed E-state index contributed by atoms with van der Waals surface area (Å²) >= 11 is 0. The van der Waals surface area contributed by atoms with Crippen LogP contribution >= 0.6 is 0 Å². The van der Waals surface area contributed by atoms with Crippen molar-refractivity contribution in [2.75, 3.05) is 0 Å². The van der Waals surface area contributed by atoms with E-state index in [0.29, 0.717) is 18.3 Å². The van der Waals surface area contributed by atoms with Gasteiger partial charge in [0.25, 0.3) is 0 Å². The Bertz CT molecular complexity index is 444. The minimum absolute atomic E-state index is 0.00372. The highest BCUT2D eigenvalue weighted by atomic mass is 16.4. The smallest absolute Gasteiger partial charge is 0.236 e. The SMILES string of the molecule is Cc1nnc(Cn2cccc2C(C)N)o1. The van der Waals surface area contributed by atoms with E-state index in [1.807, 2.05) is 29.8 Å². The lowest BCUT2D eigenvalue weighted by atomic mass is 10.2. The van der Waals surface area contributed by atoms with Crippen LogP contribution in [0.5, 0.6) is 0 Å². The Labute approximate surface area is 87.9 Å².